The molecule has 2 aliphatic rings. The molecule has 138 valence electrons. The van der Waals surface area contributed by atoms with Crippen molar-refractivity contribution in [3.8, 4) is 12.1 Å². The van der Waals surface area contributed by atoms with Gasteiger partial charge in [-0.25, -0.2) is 0 Å². The molecule has 27 heavy (non-hydrogen) atoms. The Morgan fingerprint density at radius 3 is 2.59 bits per heavy atom. The molecule has 1 heterocycles. The summed E-state index contributed by atoms with van der Waals surface area (Å²) in [6.07, 6.45) is 10.1. The molecule has 3 rings (SSSR count). The van der Waals surface area contributed by atoms with E-state index in [2.05, 4.69) is 48.2 Å². The van der Waals surface area contributed by atoms with E-state index in [9.17, 15) is 5.11 Å². The summed E-state index contributed by atoms with van der Waals surface area (Å²) in [5.41, 5.74) is 4.49. The molecule has 1 aliphatic carbocycles. The van der Waals surface area contributed by atoms with Gasteiger partial charge in [0.15, 0.2) is 0 Å². The van der Waals surface area contributed by atoms with Crippen LogP contribution in [0.25, 0.3) is 6.08 Å². The lowest BCUT2D eigenvalue weighted by atomic mass is 9.85. The van der Waals surface area contributed by atoms with Crippen LogP contribution in [-0.4, -0.2) is 24.3 Å². The fourth-order valence-corrected chi connectivity index (χ4v) is 4.00. The summed E-state index contributed by atoms with van der Waals surface area (Å²) in [6, 6.07) is 12.7. The predicted octanol–water partition coefficient (Wildman–Crippen LogP) is 4.36. The Bertz CT molecular complexity index is 833. The Morgan fingerprint density at radius 2 is 1.93 bits per heavy atom. The minimum atomic E-state index is 0.206. The smallest absolute Gasteiger partial charge is 0.132 e. The Morgan fingerprint density at radius 1 is 1.19 bits per heavy atom. The molecule has 0 saturated carbocycles. The van der Waals surface area contributed by atoms with Crippen molar-refractivity contribution in [2.45, 2.75) is 38.6 Å². The topological polar surface area (TPSA) is 71.0 Å². The number of benzene rings is 1. The van der Waals surface area contributed by atoms with Crippen LogP contribution in [0.15, 0.2) is 53.1 Å². The third-order valence-corrected chi connectivity index (χ3v) is 5.36. The van der Waals surface area contributed by atoms with Crippen molar-refractivity contribution >= 4 is 11.8 Å². The van der Waals surface area contributed by atoms with Gasteiger partial charge in [-0.15, -0.1) is 0 Å². The predicted molar refractivity (Wildman–Crippen MR) is 108 cm³/mol. The maximum Gasteiger partial charge on any atom is 0.132 e. The molecule has 2 unspecified atom stereocenters. The third kappa shape index (κ3) is 4.48. The molecule has 4 heteroatoms. The maximum atomic E-state index is 9.50. The Hall–Kier alpha value is -2.82. The number of anilines is 1. The first-order chi connectivity index (χ1) is 13.1. The summed E-state index contributed by atoms with van der Waals surface area (Å²) >= 11 is 0. The Kier molecular flexibility index (Phi) is 6.12. The SMILES string of the molecule is CC1CC(/C=C/c2ccc(N3CCCC3CO)cc2)=CC(=C(C#N)C#N)C1. The van der Waals surface area contributed by atoms with Gasteiger partial charge in [0.1, 0.15) is 17.7 Å². The van der Waals surface area contributed by atoms with Gasteiger partial charge in [0.2, 0.25) is 0 Å². The first-order valence-corrected chi connectivity index (χ1v) is 9.54. The van der Waals surface area contributed by atoms with E-state index < -0.39 is 0 Å². The number of aliphatic hydroxyl groups excluding tert-OH is 1. The van der Waals surface area contributed by atoms with Crippen LogP contribution < -0.4 is 4.90 Å². The van der Waals surface area contributed by atoms with E-state index >= 15 is 0 Å². The lowest BCUT2D eigenvalue weighted by molar-refractivity contribution is 0.266. The summed E-state index contributed by atoms with van der Waals surface area (Å²) in [6.45, 7) is 3.35. The van der Waals surface area contributed by atoms with Gasteiger partial charge >= 0.3 is 0 Å². The van der Waals surface area contributed by atoms with Crippen molar-refractivity contribution < 1.29 is 5.11 Å². The molecule has 1 aromatic rings. The molecule has 2 atom stereocenters. The fourth-order valence-electron chi connectivity index (χ4n) is 4.00. The Balaban J connectivity index is 1.75. The number of hydrogen-bond acceptors (Lipinski definition) is 4. The van der Waals surface area contributed by atoms with Gasteiger partial charge in [-0.1, -0.05) is 37.3 Å². The highest BCUT2D eigenvalue weighted by Gasteiger charge is 2.23. The van der Waals surface area contributed by atoms with Crippen LogP contribution >= 0.6 is 0 Å². The van der Waals surface area contributed by atoms with Gasteiger partial charge in [-0.2, -0.15) is 10.5 Å². The molecule has 0 amide bonds. The summed E-state index contributed by atoms with van der Waals surface area (Å²) < 4.78 is 0. The zero-order valence-electron chi connectivity index (χ0n) is 15.7. The minimum absolute atomic E-state index is 0.206. The maximum absolute atomic E-state index is 9.50. The van der Waals surface area contributed by atoms with E-state index in [4.69, 9.17) is 10.5 Å². The van der Waals surface area contributed by atoms with Crippen LogP contribution in [0.5, 0.6) is 0 Å². The molecule has 1 fully saturated rings. The highest BCUT2D eigenvalue weighted by atomic mass is 16.3. The second kappa shape index (κ2) is 8.71. The van der Waals surface area contributed by atoms with Crippen molar-refractivity contribution in [2.75, 3.05) is 18.1 Å². The summed E-state index contributed by atoms with van der Waals surface area (Å²) in [5.74, 6) is 0.425. The van der Waals surface area contributed by atoms with Gasteiger partial charge in [0, 0.05) is 12.2 Å². The quantitative estimate of drug-likeness (QED) is 0.811. The third-order valence-electron chi connectivity index (χ3n) is 5.36. The molecule has 1 aromatic carbocycles. The van der Waals surface area contributed by atoms with Gasteiger partial charge in [0.25, 0.3) is 0 Å². The van der Waals surface area contributed by atoms with Gasteiger partial charge in [0.05, 0.1) is 12.6 Å². The van der Waals surface area contributed by atoms with Crippen LogP contribution in [0, 0.1) is 28.6 Å². The minimum Gasteiger partial charge on any atom is -0.394 e. The second-order valence-corrected chi connectivity index (χ2v) is 7.45. The largest absolute Gasteiger partial charge is 0.394 e. The molecule has 0 radical (unpaired) electrons. The van der Waals surface area contributed by atoms with Crippen LogP contribution in [0.3, 0.4) is 0 Å². The lowest BCUT2D eigenvalue weighted by Crippen LogP contribution is -2.31. The molecular weight excluding hydrogens is 334 g/mol. The van der Waals surface area contributed by atoms with Crippen LogP contribution in [0.4, 0.5) is 5.69 Å². The monoisotopic (exact) mass is 359 g/mol. The van der Waals surface area contributed by atoms with E-state index in [1.165, 1.54) is 0 Å². The van der Waals surface area contributed by atoms with Crippen LogP contribution in [-0.2, 0) is 0 Å². The molecule has 1 N–H and O–H groups in total. The normalized spacial score (nSPS) is 22.4. The molecule has 4 nitrogen and oxygen atoms in total. The van der Waals surface area contributed by atoms with Crippen molar-refractivity contribution in [2.24, 2.45) is 5.92 Å². The first-order valence-electron chi connectivity index (χ1n) is 9.54. The Labute approximate surface area is 161 Å². The second-order valence-electron chi connectivity index (χ2n) is 7.45. The number of nitriles is 2. The summed E-state index contributed by atoms with van der Waals surface area (Å²) in [5, 5.41) is 27.7. The lowest BCUT2D eigenvalue weighted by Gasteiger charge is -2.25. The summed E-state index contributed by atoms with van der Waals surface area (Å²) in [7, 11) is 0. The van der Waals surface area contributed by atoms with Crippen LogP contribution in [0.1, 0.15) is 38.2 Å². The number of rotatable bonds is 4. The van der Waals surface area contributed by atoms with Gasteiger partial charge in [-0.3, -0.25) is 0 Å². The first kappa shape index (κ1) is 19.0. The van der Waals surface area contributed by atoms with E-state index in [1.807, 2.05) is 18.2 Å². The average molecular weight is 359 g/mol. The van der Waals surface area contributed by atoms with E-state index in [0.717, 1.165) is 54.6 Å². The molecule has 1 saturated heterocycles. The van der Waals surface area contributed by atoms with Crippen molar-refractivity contribution in [1.82, 2.24) is 0 Å². The number of nitrogens with zero attached hydrogens (tertiary/aromatic N) is 3. The van der Waals surface area contributed by atoms with E-state index in [0.29, 0.717) is 5.92 Å². The molecular formula is C23H25N3O. The molecule has 0 spiro atoms. The molecule has 1 aliphatic heterocycles. The van der Waals surface area contributed by atoms with Crippen molar-refractivity contribution in [1.29, 1.82) is 10.5 Å². The van der Waals surface area contributed by atoms with Crippen molar-refractivity contribution in [3.63, 3.8) is 0 Å². The number of hydrogen-bond donors (Lipinski definition) is 1. The highest BCUT2D eigenvalue weighted by Crippen LogP contribution is 2.30. The van der Waals surface area contributed by atoms with Gasteiger partial charge in [-0.05, 0) is 60.4 Å². The van der Waals surface area contributed by atoms with Crippen LogP contribution in [0.2, 0.25) is 0 Å². The van der Waals surface area contributed by atoms with Gasteiger partial charge < -0.3 is 10.0 Å². The average Bonchev–Trinajstić information content (AvgIpc) is 3.16. The van der Waals surface area contributed by atoms with Crippen molar-refractivity contribution in [3.05, 3.63) is 58.7 Å². The zero-order valence-corrected chi connectivity index (χ0v) is 15.7. The molecule has 0 aromatic heterocycles. The molecule has 0 bridgehead atoms. The number of allylic oxidation sites excluding steroid dienone is 5. The van der Waals surface area contributed by atoms with E-state index in [-0.39, 0.29) is 18.2 Å². The summed E-state index contributed by atoms with van der Waals surface area (Å²) in [4.78, 5) is 2.28. The van der Waals surface area contributed by atoms with E-state index in [1.54, 1.807) is 0 Å². The number of aliphatic hydroxyl groups is 1. The standard InChI is InChI=1S/C23H25N3O/c1-17-11-19(13-20(12-17)21(14-24)15-25)5-4-18-6-8-22(9-7-18)26-10-2-3-23(26)16-27/h4-9,13,17,23,27H,2-3,10-12,16H2,1H3/b5-4+. The zero-order chi connectivity index (χ0) is 19.2. The highest BCUT2D eigenvalue weighted by molar-refractivity contribution is 5.59. The fraction of sp³-hybridized carbons (Fsp3) is 0.391.